The zero-order valence-electron chi connectivity index (χ0n) is 14.2. The molecule has 0 spiro atoms. The SMILES string of the molecule is N=Cc1cnc(Nc2cc(N)ncn2)cc1Nc1ccc(C2CN2)cc1F. The summed E-state index contributed by atoms with van der Waals surface area (Å²) < 4.78 is 14.4. The van der Waals surface area contributed by atoms with E-state index in [0.29, 0.717) is 34.4 Å². The van der Waals surface area contributed by atoms with Crippen LogP contribution in [-0.2, 0) is 0 Å². The summed E-state index contributed by atoms with van der Waals surface area (Å²) in [5.41, 5.74) is 7.96. The van der Waals surface area contributed by atoms with Crippen LogP contribution < -0.4 is 21.7 Å². The predicted octanol–water partition coefficient (Wildman–Crippen LogP) is 2.72. The first-order valence-electron chi connectivity index (χ1n) is 8.27. The van der Waals surface area contributed by atoms with Crippen LogP contribution in [-0.4, -0.2) is 27.7 Å². The maximum Gasteiger partial charge on any atom is 0.146 e. The van der Waals surface area contributed by atoms with Gasteiger partial charge in [0.25, 0.3) is 0 Å². The fourth-order valence-electron chi connectivity index (χ4n) is 2.62. The van der Waals surface area contributed by atoms with Gasteiger partial charge in [-0.3, -0.25) is 0 Å². The highest BCUT2D eigenvalue weighted by molar-refractivity contribution is 5.88. The fourth-order valence-corrected chi connectivity index (χ4v) is 2.62. The molecule has 0 saturated carbocycles. The average molecular weight is 364 g/mol. The van der Waals surface area contributed by atoms with Crippen molar-refractivity contribution in [3.05, 3.63) is 59.8 Å². The van der Waals surface area contributed by atoms with Crippen molar-refractivity contribution < 1.29 is 4.39 Å². The molecule has 8 nitrogen and oxygen atoms in total. The maximum atomic E-state index is 14.4. The van der Waals surface area contributed by atoms with Crippen LogP contribution in [0.4, 0.5) is 33.2 Å². The van der Waals surface area contributed by atoms with Gasteiger partial charge in [-0.05, 0) is 17.7 Å². The van der Waals surface area contributed by atoms with Crippen LogP contribution in [0.5, 0.6) is 0 Å². The van der Waals surface area contributed by atoms with E-state index in [0.717, 1.165) is 18.3 Å². The normalized spacial score (nSPS) is 15.2. The Labute approximate surface area is 154 Å². The Kier molecular flexibility index (Phi) is 4.35. The molecule has 136 valence electrons. The van der Waals surface area contributed by atoms with Crippen LogP contribution in [0, 0.1) is 11.2 Å². The summed E-state index contributed by atoms with van der Waals surface area (Å²) in [5.74, 6) is 0.928. The fraction of sp³-hybridized carbons (Fsp3) is 0.111. The van der Waals surface area contributed by atoms with Crippen molar-refractivity contribution in [3.63, 3.8) is 0 Å². The Bertz CT molecular complexity index is 1000. The van der Waals surface area contributed by atoms with Crippen LogP contribution in [0.25, 0.3) is 0 Å². The van der Waals surface area contributed by atoms with Gasteiger partial charge in [-0.2, -0.15) is 0 Å². The van der Waals surface area contributed by atoms with E-state index < -0.39 is 0 Å². The molecule has 6 N–H and O–H groups in total. The van der Waals surface area contributed by atoms with Crippen molar-refractivity contribution in [2.24, 2.45) is 0 Å². The average Bonchev–Trinajstić information content (AvgIpc) is 3.49. The molecule has 3 aromatic rings. The molecule has 1 unspecified atom stereocenters. The Morgan fingerprint density at radius 3 is 2.63 bits per heavy atom. The highest BCUT2D eigenvalue weighted by Crippen LogP contribution is 2.29. The number of hydrogen-bond donors (Lipinski definition) is 5. The molecule has 27 heavy (non-hydrogen) atoms. The third-order valence-corrected chi connectivity index (χ3v) is 4.11. The van der Waals surface area contributed by atoms with Gasteiger partial charge in [0, 0.05) is 42.7 Å². The molecule has 1 aromatic carbocycles. The Morgan fingerprint density at radius 1 is 1.11 bits per heavy atom. The molecule has 1 aliphatic rings. The van der Waals surface area contributed by atoms with Crippen LogP contribution in [0.3, 0.4) is 0 Å². The van der Waals surface area contributed by atoms with Crippen LogP contribution in [0.1, 0.15) is 17.2 Å². The minimum absolute atomic E-state index is 0.239. The van der Waals surface area contributed by atoms with Crippen molar-refractivity contribution in [1.82, 2.24) is 20.3 Å². The Hall–Kier alpha value is -3.59. The molecular weight excluding hydrogens is 347 g/mol. The van der Waals surface area contributed by atoms with E-state index >= 15 is 0 Å². The first-order valence-corrected chi connectivity index (χ1v) is 8.27. The highest BCUT2D eigenvalue weighted by atomic mass is 19.1. The number of nitrogens with two attached hydrogens (primary N) is 1. The number of anilines is 5. The summed E-state index contributed by atoms with van der Waals surface area (Å²) in [4.78, 5) is 12.1. The van der Waals surface area contributed by atoms with Gasteiger partial charge in [0.15, 0.2) is 0 Å². The molecule has 0 aliphatic carbocycles. The van der Waals surface area contributed by atoms with Crippen molar-refractivity contribution in [2.45, 2.75) is 6.04 Å². The number of aromatic nitrogens is 3. The van der Waals surface area contributed by atoms with Gasteiger partial charge >= 0.3 is 0 Å². The minimum atomic E-state index is -0.355. The monoisotopic (exact) mass is 364 g/mol. The lowest BCUT2D eigenvalue weighted by atomic mass is 10.1. The molecule has 4 rings (SSSR count). The van der Waals surface area contributed by atoms with E-state index in [-0.39, 0.29) is 11.9 Å². The van der Waals surface area contributed by atoms with Crippen molar-refractivity contribution in [3.8, 4) is 0 Å². The van der Waals surface area contributed by atoms with E-state index in [2.05, 4.69) is 30.9 Å². The molecule has 1 atom stereocenters. The smallest absolute Gasteiger partial charge is 0.146 e. The van der Waals surface area contributed by atoms with Gasteiger partial charge in [0.05, 0.1) is 11.4 Å². The number of hydrogen-bond acceptors (Lipinski definition) is 8. The second-order valence-corrected chi connectivity index (χ2v) is 6.08. The summed E-state index contributed by atoms with van der Waals surface area (Å²) >= 11 is 0. The van der Waals surface area contributed by atoms with Gasteiger partial charge in [-0.25, -0.2) is 19.3 Å². The third-order valence-electron chi connectivity index (χ3n) is 4.11. The zero-order valence-corrected chi connectivity index (χ0v) is 14.2. The summed E-state index contributed by atoms with van der Waals surface area (Å²) in [5, 5.41) is 16.7. The van der Waals surface area contributed by atoms with Crippen LogP contribution in [0.2, 0.25) is 0 Å². The van der Waals surface area contributed by atoms with Gasteiger partial charge in [-0.1, -0.05) is 6.07 Å². The molecule has 2 aromatic heterocycles. The van der Waals surface area contributed by atoms with Gasteiger partial charge in [0.1, 0.15) is 29.6 Å². The number of pyridine rings is 1. The van der Waals surface area contributed by atoms with E-state index in [1.165, 1.54) is 18.6 Å². The summed E-state index contributed by atoms with van der Waals surface area (Å²) in [7, 11) is 0. The van der Waals surface area contributed by atoms with Gasteiger partial charge < -0.3 is 27.1 Å². The molecule has 9 heteroatoms. The molecule has 1 saturated heterocycles. The molecule has 1 aliphatic heterocycles. The van der Waals surface area contributed by atoms with Crippen LogP contribution >= 0.6 is 0 Å². The van der Waals surface area contributed by atoms with Crippen LogP contribution in [0.15, 0.2) is 42.9 Å². The van der Waals surface area contributed by atoms with Gasteiger partial charge in [0.2, 0.25) is 0 Å². The van der Waals surface area contributed by atoms with Gasteiger partial charge in [-0.15, -0.1) is 0 Å². The minimum Gasteiger partial charge on any atom is -0.384 e. The molecular formula is C18H17FN8. The number of nitrogen functional groups attached to an aromatic ring is 1. The third kappa shape index (κ3) is 3.82. The predicted molar refractivity (Wildman–Crippen MR) is 102 cm³/mol. The topological polar surface area (TPSA) is 135 Å². The Balaban J connectivity index is 1.60. The zero-order chi connectivity index (χ0) is 18.8. The lowest BCUT2D eigenvalue weighted by molar-refractivity contribution is 0.629. The molecule has 3 heterocycles. The first-order chi connectivity index (χ1) is 13.1. The second-order valence-electron chi connectivity index (χ2n) is 6.08. The quantitative estimate of drug-likeness (QED) is 0.335. The lowest BCUT2D eigenvalue weighted by Crippen LogP contribution is -2.03. The number of halogens is 1. The number of nitrogens with one attached hydrogen (secondary N) is 4. The molecule has 0 bridgehead atoms. The van der Waals surface area contributed by atoms with Crippen molar-refractivity contribution in [1.29, 1.82) is 5.41 Å². The first kappa shape index (κ1) is 16.9. The largest absolute Gasteiger partial charge is 0.384 e. The van der Waals surface area contributed by atoms with Crippen molar-refractivity contribution >= 4 is 35.0 Å². The summed E-state index contributed by atoms with van der Waals surface area (Å²) in [6.45, 7) is 0.872. The molecule has 1 fully saturated rings. The standard InChI is InChI=1S/C18H17FN8/c19-12-3-10(15-8-22-15)1-2-13(12)26-14-4-17(23-7-11(14)6-20)27-18-5-16(21)24-9-25-18/h1-7,9,15,20,22H,8H2,(H4,21,23,24,25,26,27). The second kappa shape index (κ2) is 6.96. The highest BCUT2D eigenvalue weighted by Gasteiger charge is 2.23. The van der Waals surface area contributed by atoms with Crippen molar-refractivity contribution in [2.75, 3.05) is 22.9 Å². The number of rotatable bonds is 6. The van der Waals surface area contributed by atoms with E-state index in [9.17, 15) is 4.39 Å². The maximum absolute atomic E-state index is 14.4. The molecule has 0 amide bonds. The number of benzene rings is 1. The van der Waals surface area contributed by atoms with E-state index in [1.807, 2.05) is 6.07 Å². The summed E-state index contributed by atoms with van der Waals surface area (Å²) in [6, 6.07) is 8.57. The van der Waals surface area contributed by atoms with E-state index in [1.54, 1.807) is 18.2 Å². The summed E-state index contributed by atoms with van der Waals surface area (Å²) in [6.07, 6.45) is 4.01. The van der Waals surface area contributed by atoms with E-state index in [4.69, 9.17) is 11.1 Å². The Morgan fingerprint density at radius 2 is 1.93 bits per heavy atom. The number of nitrogens with zero attached hydrogens (tertiary/aromatic N) is 3. The molecule has 0 radical (unpaired) electrons. The lowest BCUT2D eigenvalue weighted by Gasteiger charge is -2.13.